The molecular weight excluding hydrogens is 504 g/mol. The molecule has 2 aromatic heterocycles. The number of anilines is 1. The first-order valence-electron chi connectivity index (χ1n) is 13.6. The van der Waals surface area contributed by atoms with E-state index in [0.29, 0.717) is 18.0 Å². The van der Waals surface area contributed by atoms with Gasteiger partial charge in [0.1, 0.15) is 6.04 Å². The van der Waals surface area contributed by atoms with Gasteiger partial charge in [0.25, 0.3) is 0 Å². The first kappa shape index (κ1) is 28.8. The Hall–Kier alpha value is -4.17. The topological polar surface area (TPSA) is 85.7 Å². The van der Waals surface area contributed by atoms with Crippen molar-refractivity contribution in [3.05, 3.63) is 89.7 Å². The third-order valence-electron chi connectivity index (χ3n) is 7.24. The van der Waals surface area contributed by atoms with E-state index in [2.05, 4.69) is 33.9 Å². The van der Waals surface area contributed by atoms with Crippen molar-refractivity contribution in [2.24, 2.45) is 0 Å². The first-order chi connectivity index (χ1) is 19.4. The number of nitrogens with one attached hydrogen (secondary N) is 1. The number of para-hydroxylation sites is 1. The van der Waals surface area contributed by atoms with Gasteiger partial charge in [-0.3, -0.25) is 9.59 Å². The highest BCUT2D eigenvalue weighted by Crippen LogP contribution is 2.27. The summed E-state index contributed by atoms with van der Waals surface area (Å²) in [7, 11) is 4.95. The molecule has 210 valence electrons. The number of nitrogens with zero attached hydrogens (tertiary/aromatic N) is 3. The molecule has 0 spiro atoms. The van der Waals surface area contributed by atoms with E-state index >= 15 is 0 Å². The molecule has 2 heterocycles. The van der Waals surface area contributed by atoms with Crippen molar-refractivity contribution in [3.8, 4) is 5.88 Å². The normalized spacial score (nSPS) is 11.8. The molecule has 8 nitrogen and oxygen atoms in total. The summed E-state index contributed by atoms with van der Waals surface area (Å²) < 4.78 is 12.6. The third kappa shape index (κ3) is 6.87. The first-order valence-corrected chi connectivity index (χ1v) is 13.6. The van der Waals surface area contributed by atoms with E-state index in [-0.39, 0.29) is 18.2 Å². The number of methoxy groups -OCH3 is 2. The lowest BCUT2D eigenvalue weighted by Gasteiger charge is -2.25. The Morgan fingerprint density at radius 2 is 1.75 bits per heavy atom. The quantitative estimate of drug-likeness (QED) is 0.247. The SMILES string of the molecule is COCCCCn1c(C)c(CC(=O)N[C@@H](Cc2ccccc2)C(=O)N(C)c2ccc(OC)nc2)c2ccccc21. The molecular formula is C32H38N4O4. The van der Waals surface area contributed by atoms with Gasteiger partial charge in [-0.25, -0.2) is 4.98 Å². The predicted octanol–water partition coefficient (Wildman–Crippen LogP) is 4.71. The van der Waals surface area contributed by atoms with E-state index < -0.39 is 6.04 Å². The van der Waals surface area contributed by atoms with Crippen LogP contribution in [0.4, 0.5) is 5.69 Å². The number of pyridine rings is 1. The molecule has 0 radical (unpaired) electrons. The molecule has 0 aliphatic heterocycles. The summed E-state index contributed by atoms with van der Waals surface area (Å²) in [5, 5.41) is 4.11. The van der Waals surface area contributed by atoms with E-state index in [1.807, 2.05) is 42.5 Å². The monoisotopic (exact) mass is 542 g/mol. The van der Waals surface area contributed by atoms with Gasteiger partial charge in [-0.15, -0.1) is 0 Å². The number of hydrogen-bond acceptors (Lipinski definition) is 5. The second-order valence-electron chi connectivity index (χ2n) is 9.88. The number of benzene rings is 2. The lowest BCUT2D eigenvalue weighted by molar-refractivity contribution is -0.127. The number of rotatable bonds is 13. The van der Waals surface area contributed by atoms with E-state index in [1.54, 1.807) is 39.6 Å². The second kappa shape index (κ2) is 13.8. The molecule has 0 unspecified atom stereocenters. The standard InChI is InChI=1S/C32H38N4O4/c1-23-27(26-14-8-9-15-29(26)36(23)18-10-11-19-39-3)21-30(37)34-28(20-24-12-6-5-7-13-24)32(38)35(2)25-16-17-31(40-4)33-22-25/h5-9,12-17,22,28H,10-11,18-21H2,1-4H3,(H,34,37)/t28-/m0/s1. The largest absolute Gasteiger partial charge is 0.481 e. The average molecular weight is 543 g/mol. The summed E-state index contributed by atoms with van der Waals surface area (Å²) in [5.41, 5.74) is 4.75. The maximum atomic E-state index is 13.7. The van der Waals surface area contributed by atoms with Crippen LogP contribution in [0, 0.1) is 6.92 Å². The highest BCUT2D eigenvalue weighted by atomic mass is 16.5. The summed E-state index contributed by atoms with van der Waals surface area (Å²) in [6, 6.07) is 20.6. The Labute approximate surface area is 235 Å². The minimum atomic E-state index is -0.746. The lowest BCUT2D eigenvalue weighted by Crippen LogP contribution is -2.49. The number of hydrogen-bond donors (Lipinski definition) is 1. The molecule has 2 aromatic carbocycles. The minimum Gasteiger partial charge on any atom is -0.481 e. The van der Waals surface area contributed by atoms with Crippen LogP contribution in [0.25, 0.3) is 10.9 Å². The fourth-order valence-corrected chi connectivity index (χ4v) is 5.04. The van der Waals surface area contributed by atoms with Crippen LogP contribution in [0.3, 0.4) is 0 Å². The maximum absolute atomic E-state index is 13.7. The molecule has 4 rings (SSSR count). The number of aromatic nitrogens is 2. The molecule has 0 aliphatic rings. The smallest absolute Gasteiger partial charge is 0.249 e. The molecule has 0 saturated carbocycles. The van der Waals surface area contributed by atoms with Gasteiger partial charge in [0.15, 0.2) is 0 Å². The van der Waals surface area contributed by atoms with Crippen LogP contribution >= 0.6 is 0 Å². The molecule has 1 N–H and O–H groups in total. The summed E-state index contributed by atoms with van der Waals surface area (Å²) >= 11 is 0. The van der Waals surface area contributed by atoms with Crippen LogP contribution in [-0.4, -0.2) is 55.3 Å². The van der Waals surface area contributed by atoms with Crippen molar-refractivity contribution in [2.75, 3.05) is 32.8 Å². The van der Waals surface area contributed by atoms with Gasteiger partial charge in [0, 0.05) is 56.4 Å². The van der Waals surface area contributed by atoms with Crippen molar-refractivity contribution in [1.82, 2.24) is 14.9 Å². The third-order valence-corrected chi connectivity index (χ3v) is 7.24. The summed E-state index contributed by atoms with van der Waals surface area (Å²) in [6.07, 6.45) is 4.10. The average Bonchev–Trinajstić information content (AvgIpc) is 3.24. The number of ether oxygens (including phenoxy) is 2. The Kier molecular flexibility index (Phi) is 9.91. The van der Waals surface area contributed by atoms with Crippen LogP contribution in [0.5, 0.6) is 5.88 Å². The predicted molar refractivity (Wildman–Crippen MR) is 158 cm³/mol. The van der Waals surface area contributed by atoms with Crippen LogP contribution in [-0.2, 0) is 33.7 Å². The molecule has 1 atom stereocenters. The van der Waals surface area contributed by atoms with Gasteiger partial charge >= 0.3 is 0 Å². The number of carbonyl (C=O) groups is 2. The van der Waals surface area contributed by atoms with Gasteiger partial charge in [-0.1, -0.05) is 48.5 Å². The summed E-state index contributed by atoms with van der Waals surface area (Å²) in [4.78, 5) is 33.0. The zero-order chi connectivity index (χ0) is 28.5. The minimum absolute atomic E-state index is 0.184. The molecule has 0 bridgehead atoms. The molecule has 40 heavy (non-hydrogen) atoms. The second-order valence-corrected chi connectivity index (χ2v) is 9.88. The van der Waals surface area contributed by atoms with Crippen LogP contribution in [0.2, 0.25) is 0 Å². The number of fused-ring (bicyclic) bond motifs is 1. The number of unbranched alkanes of at least 4 members (excludes halogenated alkanes) is 1. The summed E-state index contributed by atoms with van der Waals surface area (Å²) in [6.45, 7) is 3.65. The van der Waals surface area contributed by atoms with Gasteiger partial charge in [0.2, 0.25) is 17.7 Å². The van der Waals surface area contributed by atoms with Crippen molar-refractivity contribution < 1.29 is 19.1 Å². The highest BCUT2D eigenvalue weighted by Gasteiger charge is 2.26. The fourth-order valence-electron chi connectivity index (χ4n) is 5.04. The number of likely N-dealkylation sites (N-methyl/N-ethyl adjacent to an activating group) is 1. The van der Waals surface area contributed by atoms with Crippen LogP contribution in [0.1, 0.15) is 29.7 Å². The fraction of sp³-hybridized carbons (Fsp3) is 0.344. The molecule has 8 heteroatoms. The van der Waals surface area contributed by atoms with Gasteiger partial charge in [-0.05, 0) is 43.0 Å². The number of amides is 2. The zero-order valence-corrected chi connectivity index (χ0v) is 23.7. The Balaban J connectivity index is 1.56. The van der Waals surface area contributed by atoms with Crippen molar-refractivity contribution in [3.63, 3.8) is 0 Å². The van der Waals surface area contributed by atoms with Gasteiger partial charge in [0.05, 0.1) is 25.4 Å². The lowest BCUT2D eigenvalue weighted by atomic mass is 10.0. The van der Waals surface area contributed by atoms with Crippen molar-refractivity contribution in [2.45, 2.75) is 45.2 Å². The molecule has 0 aliphatic carbocycles. The van der Waals surface area contributed by atoms with E-state index in [0.717, 1.165) is 53.7 Å². The highest BCUT2D eigenvalue weighted by molar-refractivity contribution is 5.99. The van der Waals surface area contributed by atoms with Crippen LogP contribution in [0.15, 0.2) is 72.9 Å². The Morgan fingerprint density at radius 1 is 1.00 bits per heavy atom. The zero-order valence-electron chi connectivity index (χ0n) is 23.7. The molecule has 4 aromatic rings. The van der Waals surface area contributed by atoms with E-state index in [4.69, 9.17) is 9.47 Å². The van der Waals surface area contributed by atoms with Gasteiger partial charge < -0.3 is 24.3 Å². The Bertz CT molecular complexity index is 1420. The summed E-state index contributed by atoms with van der Waals surface area (Å²) in [5.74, 6) is 0.0503. The molecule has 0 saturated heterocycles. The van der Waals surface area contributed by atoms with E-state index in [9.17, 15) is 9.59 Å². The number of aryl methyl sites for hydroxylation is 1. The Morgan fingerprint density at radius 3 is 2.45 bits per heavy atom. The van der Waals surface area contributed by atoms with E-state index in [1.165, 1.54) is 4.90 Å². The maximum Gasteiger partial charge on any atom is 0.249 e. The van der Waals surface area contributed by atoms with Crippen LogP contribution < -0.4 is 15.0 Å². The van der Waals surface area contributed by atoms with Gasteiger partial charge in [-0.2, -0.15) is 0 Å². The molecule has 2 amide bonds. The van der Waals surface area contributed by atoms with Crippen molar-refractivity contribution >= 4 is 28.4 Å². The number of carbonyl (C=O) groups excluding carboxylic acids is 2. The molecule has 0 fully saturated rings. The van der Waals surface area contributed by atoms with Crippen molar-refractivity contribution in [1.29, 1.82) is 0 Å².